The van der Waals surface area contributed by atoms with Gasteiger partial charge in [0, 0.05) is 5.92 Å². The summed E-state index contributed by atoms with van der Waals surface area (Å²) in [4.78, 5) is 11.0. The first-order valence-electron chi connectivity index (χ1n) is 6.61. The Balaban J connectivity index is 2.00. The third-order valence-electron chi connectivity index (χ3n) is 4.26. The highest BCUT2D eigenvalue weighted by molar-refractivity contribution is 5.70. The quantitative estimate of drug-likeness (QED) is 0.786. The van der Waals surface area contributed by atoms with E-state index in [0.29, 0.717) is 0 Å². The Morgan fingerprint density at radius 1 is 1.24 bits per heavy atom. The molecular formula is C15H18O2. The van der Waals surface area contributed by atoms with Gasteiger partial charge in [-0.15, -0.1) is 0 Å². The lowest BCUT2D eigenvalue weighted by Crippen LogP contribution is -2.11. The van der Waals surface area contributed by atoms with Crippen LogP contribution in [-0.4, -0.2) is 11.1 Å². The van der Waals surface area contributed by atoms with Crippen LogP contribution in [0, 0.1) is 5.92 Å². The first kappa shape index (κ1) is 10.8. The SMILES string of the molecule is O=C(O)CC1C2=C(CCC=C2)C2=C1CCCC2. The second-order valence-electron chi connectivity index (χ2n) is 5.24. The molecule has 2 heteroatoms. The molecule has 0 saturated heterocycles. The number of carboxylic acid groups (broad SMARTS) is 1. The smallest absolute Gasteiger partial charge is 0.304 e. The van der Waals surface area contributed by atoms with E-state index in [4.69, 9.17) is 5.11 Å². The van der Waals surface area contributed by atoms with Gasteiger partial charge in [-0.1, -0.05) is 17.7 Å². The standard InChI is InChI=1S/C15H18O2/c16-15(17)9-14-12-7-3-1-5-10(12)11-6-2-4-8-13(11)14/h3,7,14H,1-2,4-6,8-9H2,(H,16,17). The van der Waals surface area contributed by atoms with Crippen molar-refractivity contribution in [2.24, 2.45) is 5.92 Å². The van der Waals surface area contributed by atoms with Gasteiger partial charge in [0.2, 0.25) is 0 Å². The second-order valence-corrected chi connectivity index (χ2v) is 5.24. The molecule has 90 valence electrons. The van der Waals surface area contributed by atoms with Crippen LogP contribution >= 0.6 is 0 Å². The molecule has 1 N–H and O–H groups in total. The van der Waals surface area contributed by atoms with Crippen LogP contribution in [-0.2, 0) is 4.79 Å². The van der Waals surface area contributed by atoms with Gasteiger partial charge in [-0.05, 0) is 55.2 Å². The number of carbonyl (C=O) groups is 1. The molecule has 0 spiro atoms. The largest absolute Gasteiger partial charge is 0.481 e. The van der Waals surface area contributed by atoms with E-state index in [1.165, 1.54) is 41.6 Å². The third-order valence-corrected chi connectivity index (χ3v) is 4.26. The molecule has 2 nitrogen and oxygen atoms in total. The summed E-state index contributed by atoms with van der Waals surface area (Å²) in [6, 6.07) is 0. The van der Waals surface area contributed by atoms with Crippen LogP contribution in [0.3, 0.4) is 0 Å². The second kappa shape index (κ2) is 4.17. The Hall–Kier alpha value is -1.31. The van der Waals surface area contributed by atoms with Gasteiger partial charge in [0.05, 0.1) is 6.42 Å². The fourth-order valence-corrected chi connectivity index (χ4v) is 3.59. The van der Waals surface area contributed by atoms with E-state index in [1.807, 2.05) is 0 Å². The molecule has 17 heavy (non-hydrogen) atoms. The molecule has 0 amide bonds. The molecule has 0 aromatic heterocycles. The maximum absolute atomic E-state index is 11.0. The molecule has 0 aliphatic heterocycles. The minimum Gasteiger partial charge on any atom is -0.481 e. The predicted molar refractivity (Wildman–Crippen MR) is 66.6 cm³/mol. The van der Waals surface area contributed by atoms with E-state index in [-0.39, 0.29) is 12.3 Å². The minimum absolute atomic E-state index is 0.189. The van der Waals surface area contributed by atoms with E-state index in [1.54, 1.807) is 0 Å². The van der Waals surface area contributed by atoms with Crippen molar-refractivity contribution in [1.29, 1.82) is 0 Å². The molecule has 3 rings (SSSR count). The van der Waals surface area contributed by atoms with E-state index in [0.717, 1.165) is 19.3 Å². The monoisotopic (exact) mass is 230 g/mol. The Morgan fingerprint density at radius 2 is 2.06 bits per heavy atom. The fourth-order valence-electron chi connectivity index (χ4n) is 3.59. The molecule has 0 bridgehead atoms. The van der Waals surface area contributed by atoms with Gasteiger partial charge in [0.25, 0.3) is 0 Å². The van der Waals surface area contributed by atoms with E-state index in [2.05, 4.69) is 12.2 Å². The molecule has 0 aromatic carbocycles. The van der Waals surface area contributed by atoms with E-state index >= 15 is 0 Å². The van der Waals surface area contributed by atoms with Crippen molar-refractivity contribution >= 4 is 5.97 Å². The van der Waals surface area contributed by atoms with Gasteiger partial charge >= 0.3 is 5.97 Å². The molecular weight excluding hydrogens is 212 g/mol. The molecule has 0 saturated carbocycles. The van der Waals surface area contributed by atoms with Gasteiger partial charge in [0.15, 0.2) is 0 Å². The summed E-state index contributed by atoms with van der Waals surface area (Å²) in [6.45, 7) is 0. The summed E-state index contributed by atoms with van der Waals surface area (Å²) in [5, 5.41) is 9.09. The summed E-state index contributed by atoms with van der Waals surface area (Å²) in [5.74, 6) is -0.477. The van der Waals surface area contributed by atoms with Crippen molar-refractivity contribution in [1.82, 2.24) is 0 Å². The molecule has 1 atom stereocenters. The van der Waals surface area contributed by atoms with Gasteiger partial charge in [-0.2, -0.15) is 0 Å². The predicted octanol–water partition coefficient (Wildman–Crippen LogP) is 3.61. The van der Waals surface area contributed by atoms with Crippen molar-refractivity contribution in [2.75, 3.05) is 0 Å². The van der Waals surface area contributed by atoms with Crippen molar-refractivity contribution in [3.8, 4) is 0 Å². The lowest BCUT2D eigenvalue weighted by atomic mass is 9.85. The van der Waals surface area contributed by atoms with Gasteiger partial charge in [-0.25, -0.2) is 0 Å². The van der Waals surface area contributed by atoms with Crippen LogP contribution in [0.5, 0.6) is 0 Å². The van der Waals surface area contributed by atoms with Crippen LogP contribution in [0.25, 0.3) is 0 Å². The van der Waals surface area contributed by atoms with Crippen LogP contribution in [0.15, 0.2) is 34.4 Å². The Labute approximate surface area is 102 Å². The summed E-state index contributed by atoms with van der Waals surface area (Å²) < 4.78 is 0. The summed E-state index contributed by atoms with van der Waals surface area (Å²) >= 11 is 0. The summed E-state index contributed by atoms with van der Waals surface area (Å²) in [6.07, 6.45) is 11.7. The number of hydrogen-bond donors (Lipinski definition) is 1. The molecule has 0 fully saturated rings. The molecule has 3 aliphatic carbocycles. The number of fused-ring (bicyclic) bond motifs is 1. The number of aliphatic carboxylic acids is 1. The normalized spacial score (nSPS) is 27.2. The highest BCUT2D eigenvalue weighted by atomic mass is 16.4. The van der Waals surface area contributed by atoms with Crippen molar-refractivity contribution in [2.45, 2.75) is 44.9 Å². The average Bonchev–Trinajstić information content (AvgIpc) is 2.65. The number of allylic oxidation sites excluding steroid dienone is 6. The summed E-state index contributed by atoms with van der Waals surface area (Å²) in [5.41, 5.74) is 5.80. The average molecular weight is 230 g/mol. The van der Waals surface area contributed by atoms with Crippen LogP contribution in [0.4, 0.5) is 0 Å². The first-order valence-corrected chi connectivity index (χ1v) is 6.61. The summed E-state index contributed by atoms with van der Waals surface area (Å²) in [7, 11) is 0. The van der Waals surface area contributed by atoms with Gasteiger partial charge in [-0.3, -0.25) is 4.79 Å². The third kappa shape index (κ3) is 1.76. The Bertz CT molecular complexity index is 452. The van der Waals surface area contributed by atoms with Crippen LogP contribution in [0.2, 0.25) is 0 Å². The Kier molecular flexibility index (Phi) is 2.65. The number of rotatable bonds is 2. The number of hydrogen-bond acceptors (Lipinski definition) is 1. The molecule has 0 radical (unpaired) electrons. The van der Waals surface area contributed by atoms with Crippen molar-refractivity contribution < 1.29 is 9.90 Å². The maximum atomic E-state index is 11.0. The maximum Gasteiger partial charge on any atom is 0.304 e. The van der Waals surface area contributed by atoms with Gasteiger partial charge in [0.1, 0.15) is 0 Å². The molecule has 0 aromatic rings. The molecule has 1 unspecified atom stereocenters. The molecule has 3 aliphatic rings. The zero-order valence-corrected chi connectivity index (χ0v) is 10.0. The highest BCUT2D eigenvalue weighted by Crippen LogP contribution is 2.49. The molecule has 0 heterocycles. The van der Waals surface area contributed by atoms with E-state index < -0.39 is 5.97 Å². The zero-order valence-electron chi connectivity index (χ0n) is 10.0. The zero-order chi connectivity index (χ0) is 11.8. The lowest BCUT2D eigenvalue weighted by molar-refractivity contribution is -0.137. The van der Waals surface area contributed by atoms with Crippen molar-refractivity contribution in [3.63, 3.8) is 0 Å². The first-order chi connectivity index (χ1) is 8.27. The Morgan fingerprint density at radius 3 is 2.88 bits per heavy atom. The minimum atomic E-state index is -0.667. The van der Waals surface area contributed by atoms with Crippen LogP contribution < -0.4 is 0 Å². The van der Waals surface area contributed by atoms with Gasteiger partial charge < -0.3 is 5.11 Å². The lowest BCUT2D eigenvalue weighted by Gasteiger charge is -2.20. The van der Waals surface area contributed by atoms with Crippen molar-refractivity contribution in [3.05, 3.63) is 34.4 Å². The van der Waals surface area contributed by atoms with E-state index in [9.17, 15) is 4.79 Å². The fraction of sp³-hybridized carbons (Fsp3) is 0.533. The highest BCUT2D eigenvalue weighted by Gasteiger charge is 2.34. The number of carboxylic acids is 1. The van der Waals surface area contributed by atoms with Crippen LogP contribution in [0.1, 0.15) is 44.9 Å². The topological polar surface area (TPSA) is 37.3 Å².